The van der Waals surface area contributed by atoms with Crippen LogP contribution in [0.1, 0.15) is 17.5 Å². The quantitative estimate of drug-likeness (QED) is 0.854. The molecule has 0 amide bonds. The second-order valence-corrected chi connectivity index (χ2v) is 5.34. The van der Waals surface area contributed by atoms with E-state index in [4.69, 9.17) is 33.7 Å². The summed E-state index contributed by atoms with van der Waals surface area (Å²) in [5.74, 6) is 0.815. The lowest BCUT2D eigenvalue weighted by Crippen LogP contribution is -2.01. The summed E-state index contributed by atoms with van der Waals surface area (Å²) in [5.41, 5.74) is 7.55. The van der Waals surface area contributed by atoms with Crippen molar-refractivity contribution >= 4 is 23.2 Å². The highest BCUT2D eigenvalue weighted by Gasteiger charge is 2.06. The third kappa shape index (κ3) is 4.14. The molecule has 0 bridgehead atoms. The van der Waals surface area contributed by atoms with Crippen molar-refractivity contribution in [2.75, 3.05) is 6.54 Å². The monoisotopic (exact) mass is 309 g/mol. The van der Waals surface area contributed by atoms with Crippen LogP contribution in [0.25, 0.3) is 0 Å². The molecule has 0 spiro atoms. The third-order valence-electron chi connectivity index (χ3n) is 3.01. The normalized spacial score (nSPS) is 10.6. The number of hydrogen-bond acceptors (Lipinski definition) is 2. The molecule has 0 aliphatic carbocycles. The summed E-state index contributed by atoms with van der Waals surface area (Å²) in [4.78, 5) is 0. The predicted molar refractivity (Wildman–Crippen MR) is 84.6 cm³/mol. The second-order valence-electron chi connectivity index (χ2n) is 4.53. The predicted octanol–water partition coefficient (Wildman–Crippen LogP) is 4.46. The van der Waals surface area contributed by atoms with E-state index in [1.165, 1.54) is 5.56 Å². The molecule has 0 aliphatic rings. The lowest BCUT2D eigenvalue weighted by molar-refractivity contribution is 0.306. The van der Waals surface area contributed by atoms with Crippen molar-refractivity contribution in [3.8, 4) is 5.75 Å². The molecule has 4 heteroatoms. The molecule has 0 atom stereocenters. The first kappa shape index (κ1) is 15.2. The van der Waals surface area contributed by atoms with Gasteiger partial charge in [0.1, 0.15) is 12.4 Å². The molecule has 0 saturated heterocycles. The van der Waals surface area contributed by atoms with E-state index >= 15 is 0 Å². The SMILES string of the molecule is NCCCc1cccc(OCc2c(Cl)cccc2Cl)c1. The van der Waals surface area contributed by atoms with Gasteiger partial charge in [0.15, 0.2) is 0 Å². The second kappa shape index (κ2) is 7.53. The molecule has 2 aromatic carbocycles. The maximum atomic E-state index is 6.12. The van der Waals surface area contributed by atoms with Crippen LogP contribution in [0.3, 0.4) is 0 Å². The zero-order chi connectivity index (χ0) is 14.4. The molecule has 0 saturated carbocycles. The highest BCUT2D eigenvalue weighted by atomic mass is 35.5. The van der Waals surface area contributed by atoms with E-state index in [1.54, 1.807) is 0 Å². The number of halogens is 2. The fourth-order valence-electron chi connectivity index (χ4n) is 1.92. The van der Waals surface area contributed by atoms with E-state index in [-0.39, 0.29) is 0 Å². The Morgan fingerprint density at radius 3 is 2.40 bits per heavy atom. The molecule has 2 N–H and O–H groups in total. The Hall–Kier alpha value is -1.22. The number of aryl methyl sites for hydroxylation is 1. The smallest absolute Gasteiger partial charge is 0.120 e. The summed E-state index contributed by atoms with van der Waals surface area (Å²) in [7, 11) is 0. The van der Waals surface area contributed by atoms with Crippen molar-refractivity contribution in [2.45, 2.75) is 19.4 Å². The van der Waals surface area contributed by atoms with Crippen molar-refractivity contribution < 1.29 is 4.74 Å². The van der Waals surface area contributed by atoms with Crippen LogP contribution in [0, 0.1) is 0 Å². The van der Waals surface area contributed by atoms with E-state index in [2.05, 4.69) is 6.07 Å². The van der Waals surface area contributed by atoms with Crippen LogP contribution < -0.4 is 10.5 Å². The molecule has 0 aromatic heterocycles. The first-order valence-electron chi connectivity index (χ1n) is 6.55. The number of ether oxygens (including phenoxy) is 1. The summed E-state index contributed by atoms with van der Waals surface area (Å²) in [5, 5.41) is 1.24. The topological polar surface area (TPSA) is 35.2 Å². The molecule has 2 rings (SSSR count). The van der Waals surface area contributed by atoms with E-state index in [0.717, 1.165) is 24.2 Å². The first-order chi connectivity index (χ1) is 9.70. The van der Waals surface area contributed by atoms with Crippen molar-refractivity contribution in [3.63, 3.8) is 0 Å². The average molecular weight is 310 g/mol. The van der Waals surface area contributed by atoms with Gasteiger partial charge >= 0.3 is 0 Å². The maximum Gasteiger partial charge on any atom is 0.120 e. The Morgan fingerprint density at radius 1 is 1.00 bits per heavy atom. The van der Waals surface area contributed by atoms with Gasteiger partial charge in [0.2, 0.25) is 0 Å². The Morgan fingerprint density at radius 2 is 1.70 bits per heavy atom. The van der Waals surface area contributed by atoms with Gasteiger partial charge in [0.25, 0.3) is 0 Å². The van der Waals surface area contributed by atoms with Crippen LogP contribution in [0.4, 0.5) is 0 Å². The zero-order valence-electron chi connectivity index (χ0n) is 11.1. The molecule has 106 valence electrons. The van der Waals surface area contributed by atoms with Crippen LogP contribution >= 0.6 is 23.2 Å². The van der Waals surface area contributed by atoms with E-state index < -0.39 is 0 Å². The molecule has 0 unspecified atom stereocenters. The van der Waals surface area contributed by atoms with Crippen LogP contribution in [0.2, 0.25) is 10.0 Å². The Labute approximate surface area is 129 Å². The molecule has 2 aromatic rings. The molecule has 0 fully saturated rings. The fourth-order valence-corrected chi connectivity index (χ4v) is 2.43. The molecular weight excluding hydrogens is 293 g/mol. The number of nitrogens with two attached hydrogens (primary N) is 1. The largest absolute Gasteiger partial charge is 0.489 e. The minimum atomic E-state index is 0.360. The summed E-state index contributed by atoms with van der Waals surface area (Å²) in [6.45, 7) is 1.05. The van der Waals surface area contributed by atoms with Gasteiger partial charge in [-0.2, -0.15) is 0 Å². The van der Waals surface area contributed by atoms with Crippen LogP contribution in [0.15, 0.2) is 42.5 Å². The van der Waals surface area contributed by atoms with E-state index in [9.17, 15) is 0 Å². The Bertz CT molecular complexity index is 552. The fraction of sp³-hybridized carbons (Fsp3) is 0.250. The van der Waals surface area contributed by atoms with Crippen molar-refractivity contribution in [2.24, 2.45) is 5.73 Å². The van der Waals surface area contributed by atoms with Crippen LogP contribution in [-0.2, 0) is 13.0 Å². The molecular formula is C16H17Cl2NO. The molecule has 0 heterocycles. The lowest BCUT2D eigenvalue weighted by Gasteiger charge is -2.10. The van der Waals surface area contributed by atoms with E-state index in [1.807, 2.05) is 36.4 Å². The van der Waals surface area contributed by atoms with Crippen molar-refractivity contribution in [3.05, 3.63) is 63.6 Å². The molecule has 0 aliphatic heterocycles. The first-order valence-corrected chi connectivity index (χ1v) is 7.31. The average Bonchev–Trinajstić information content (AvgIpc) is 2.45. The van der Waals surface area contributed by atoms with Crippen molar-refractivity contribution in [1.82, 2.24) is 0 Å². The van der Waals surface area contributed by atoms with Gasteiger partial charge in [0.05, 0.1) is 0 Å². The maximum absolute atomic E-state index is 6.12. The minimum absolute atomic E-state index is 0.360. The summed E-state index contributed by atoms with van der Waals surface area (Å²) >= 11 is 12.2. The summed E-state index contributed by atoms with van der Waals surface area (Å²) in [6.07, 6.45) is 1.93. The summed E-state index contributed by atoms with van der Waals surface area (Å²) in [6, 6.07) is 13.5. The Kier molecular flexibility index (Phi) is 5.72. The molecule has 0 radical (unpaired) electrons. The number of rotatable bonds is 6. The minimum Gasteiger partial charge on any atom is -0.489 e. The third-order valence-corrected chi connectivity index (χ3v) is 3.72. The highest BCUT2D eigenvalue weighted by Crippen LogP contribution is 2.26. The number of hydrogen-bond donors (Lipinski definition) is 1. The Balaban J connectivity index is 2.03. The van der Waals surface area contributed by atoms with Gasteiger partial charge in [-0.1, -0.05) is 41.4 Å². The van der Waals surface area contributed by atoms with Gasteiger partial charge in [-0.25, -0.2) is 0 Å². The van der Waals surface area contributed by atoms with Gasteiger partial charge in [-0.05, 0) is 49.2 Å². The molecule has 2 nitrogen and oxygen atoms in total. The van der Waals surface area contributed by atoms with Gasteiger partial charge in [0, 0.05) is 15.6 Å². The van der Waals surface area contributed by atoms with E-state index in [0.29, 0.717) is 23.2 Å². The molecule has 20 heavy (non-hydrogen) atoms. The highest BCUT2D eigenvalue weighted by molar-refractivity contribution is 6.35. The summed E-state index contributed by atoms with van der Waals surface area (Å²) < 4.78 is 5.77. The number of benzene rings is 2. The standard InChI is InChI=1S/C16H17Cl2NO/c17-15-7-2-8-16(18)14(15)11-20-13-6-1-4-12(10-13)5-3-9-19/h1-2,4,6-8,10H,3,5,9,11,19H2. The van der Waals surface area contributed by atoms with Gasteiger partial charge in [-0.3, -0.25) is 0 Å². The zero-order valence-corrected chi connectivity index (χ0v) is 12.6. The lowest BCUT2D eigenvalue weighted by atomic mass is 10.1. The van der Waals surface area contributed by atoms with Crippen LogP contribution in [0.5, 0.6) is 5.75 Å². The van der Waals surface area contributed by atoms with Gasteiger partial charge in [-0.15, -0.1) is 0 Å². The van der Waals surface area contributed by atoms with Gasteiger partial charge < -0.3 is 10.5 Å². The van der Waals surface area contributed by atoms with Crippen LogP contribution in [-0.4, -0.2) is 6.54 Å². The van der Waals surface area contributed by atoms with Crippen molar-refractivity contribution in [1.29, 1.82) is 0 Å².